The predicted molar refractivity (Wildman–Crippen MR) is 97.8 cm³/mol. The van der Waals surface area contributed by atoms with Gasteiger partial charge in [-0.15, -0.1) is 0 Å². The van der Waals surface area contributed by atoms with Crippen LogP contribution < -0.4 is 10.1 Å². The molecule has 0 radical (unpaired) electrons. The highest BCUT2D eigenvalue weighted by Crippen LogP contribution is 2.32. The average Bonchev–Trinajstić information content (AvgIpc) is 3.49. The van der Waals surface area contributed by atoms with E-state index >= 15 is 0 Å². The Hall–Kier alpha value is -2.31. The number of carbonyl (C=O) groups excluding carboxylic acids is 2. The van der Waals surface area contributed by atoms with Gasteiger partial charge in [-0.25, -0.2) is 9.18 Å². The van der Waals surface area contributed by atoms with Crippen LogP contribution in [0.15, 0.2) is 24.3 Å². The number of ether oxygens (including phenoxy) is 1. The Morgan fingerprint density at radius 1 is 1.07 bits per heavy atom. The number of piperidine rings is 1. The number of hydrogen-bond donors (Lipinski definition) is 1. The van der Waals surface area contributed by atoms with Gasteiger partial charge in [-0.3, -0.25) is 4.79 Å². The van der Waals surface area contributed by atoms with Gasteiger partial charge in [0.05, 0.1) is 13.1 Å². The van der Waals surface area contributed by atoms with Gasteiger partial charge in [0.15, 0.2) is 0 Å². The van der Waals surface area contributed by atoms with E-state index in [9.17, 15) is 14.0 Å². The lowest BCUT2D eigenvalue weighted by molar-refractivity contribution is -0.134. The Kier molecular flexibility index (Phi) is 5.18. The van der Waals surface area contributed by atoms with Crippen molar-refractivity contribution in [2.45, 2.75) is 31.8 Å². The molecule has 1 unspecified atom stereocenters. The normalized spacial score (nSPS) is 22.9. The zero-order valence-corrected chi connectivity index (χ0v) is 15.4. The van der Waals surface area contributed by atoms with Gasteiger partial charge in [0.1, 0.15) is 17.7 Å². The van der Waals surface area contributed by atoms with Crippen LogP contribution in [-0.2, 0) is 4.79 Å². The third-order valence-electron chi connectivity index (χ3n) is 5.55. The first kappa shape index (κ1) is 18.1. The second-order valence-electron chi connectivity index (χ2n) is 7.85. The number of halogens is 1. The highest BCUT2D eigenvalue weighted by molar-refractivity contribution is 5.81. The molecule has 1 aliphatic carbocycles. The summed E-state index contributed by atoms with van der Waals surface area (Å²) < 4.78 is 18.6. The molecule has 0 bridgehead atoms. The third-order valence-corrected chi connectivity index (χ3v) is 5.55. The maximum atomic E-state index is 12.9. The molecule has 1 N–H and O–H groups in total. The summed E-state index contributed by atoms with van der Waals surface area (Å²) in [5.74, 6) is 1.21. The number of nitrogens with one attached hydrogen (secondary N) is 1. The zero-order valence-electron chi connectivity index (χ0n) is 15.4. The molecule has 2 saturated heterocycles. The number of likely N-dealkylation sites (tertiary alicyclic amines) is 2. The van der Waals surface area contributed by atoms with E-state index in [1.807, 2.05) is 4.90 Å². The second-order valence-corrected chi connectivity index (χ2v) is 7.85. The van der Waals surface area contributed by atoms with Crippen molar-refractivity contribution in [1.82, 2.24) is 15.1 Å². The number of amides is 3. The molecule has 0 aromatic heterocycles. The minimum atomic E-state index is -0.294. The van der Waals surface area contributed by atoms with Crippen LogP contribution in [-0.4, -0.2) is 60.6 Å². The molecule has 1 aromatic rings. The number of hydrogen-bond acceptors (Lipinski definition) is 3. The highest BCUT2D eigenvalue weighted by atomic mass is 19.1. The monoisotopic (exact) mass is 375 g/mol. The molecular weight excluding hydrogens is 349 g/mol. The molecule has 2 aliphatic heterocycles. The second kappa shape index (κ2) is 7.74. The Bertz CT molecular complexity index is 686. The SMILES string of the molecule is O=C(NCC1CCCN(C(=O)C2CC2)C1)N1CC(Oc2ccc(F)cc2)C1. The molecule has 0 spiro atoms. The summed E-state index contributed by atoms with van der Waals surface area (Å²) >= 11 is 0. The van der Waals surface area contributed by atoms with E-state index in [-0.39, 0.29) is 23.9 Å². The summed E-state index contributed by atoms with van der Waals surface area (Å²) in [7, 11) is 0. The minimum Gasteiger partial charge on any atom is -0.487 e. The Balaban J connectivity index is 1.16. The van der Waals surface area contributed by atoms with E-state index in [4.69, 9.17) is 4.74 Å². The van der Waals surface area contributed by atoms with Crippen molar-refractivity contribution in [2.24, 2.45) is 11.8 Å². The molecular formula is C20H26FN3O3. The van der Waals surface area contributed by atoms with Crippen molar-refractivity contribution in [1.29, 1.82) is 0 Å². The summed E-state index contributed by atoms with van der Waals surface area (Å²) in [6.07, 6.45) is 4.07. The lowest BCUT2D eigenvalue weighted by Crippen LogP contribution is -2.59. The van der Waals surface area contributed by atoms with Gasteiger partial charge < -0.3 is 19.9 Å². The summed E-state index contributed by atoms with van der Waals surface area (Å²) in [5.41, 5.74) is 0. The van der Waals surface area contributed by atoms with E-state index in [2.05, 4.69) is 5.32 Å². The van der Waals surface area contributed by atoms with Crippen LogP contribution in [0.3, 0.4) is 0 Å². The van der Waals surface area contributed by atoms with Crippen LogP contribution in [0.1, 0.15) is 25.7 Å². The van der Waals surface area contributed by atoms with Crippen molar-refractivity contribution in [3.8, 4) is 5.75 Å². The summed E-state index contributed by atoms with van der Waals surface area (Å²) in [6, 6.07) is 5.82. The fraction of sp³-hybridized carbons (Fsp3) is 0.600. The fourth-order valence-electron chi connectivity index (χ4n) is 3.75. The van der Waals surface area contributed by atoms with Crippen molar-refractivity contribution < 1.29 is 18.7 Å². The molecule has 3 aliphatic rings. The first-order valence-corrected chi connectivity index (χ1v) is 9.82. The maximum Gasteiger partial charge on any atom is 0.317 e. The van der Waals surface area contributed by atoms with Gasteiger partial charge in [-0.05, 0) is 55.9 Å². The molecule has 2 heterocycles. The van der Waals surface area contributed by atoms with Crippen molar-refractivity contribution in [2.75, 3.05) is 32.7 Å². The lowest BCUT2D eigenvalue weighted by atomic mass is 9.97. The van der Waals surface area contributed by atoms with Crippen molar-refractivity contribution >= 4 is 11.9 Å². The largest absolute Gasteiger partial charge is 0.487 e. The number of urea groups is 1. The summed E-state index contributed by atoms with van der Waals surface area (Å²) in [6.45, 7) is 3.27. The van der Waals surface area contributed by atoms with Crippen LogP contribution in [0.25, 0.3) is 0 Å². The number of nitrogens with zero attached hydrogens (tertiary/aromatic N) is 2. The topological polar surface area (TPSA) is 61.9 Å². The molecule has 7 heteroatoms. The van der Waals surface area contributed by atoms with Crippen LogP contribution in [0.4, 0.5) is 9.18 Å². The van der Waals surface area contributed by atoms with Gasteiger partial charge in [-0.2, -0.15) is 0 Å². The standard InChI is InChI=1S/C20H26FN3O3/c21-16-5-7-17(8-6-16)27-18-12-24(13-18)20(26)22-10-14-2-1-9-23(11-14)19(25)15-3-4-15/h5-8,14-15,18H,1-4,9-13H2,(H,22,26). The van der Waals surface area contributed by atoms with Gasteiger partial charge in [0, 0.05) is 25.6 Å². The number of rotatable bonds is 5. The fourth-order valence-corrected chi connectivity index (χ4v) is 3.75. The van der Waals surface area contributed by atoms with Gasteiger partial charge in [-0.1, -0.05) is 0 Å². The number of carbonyl (C=O) groups is 2. The molecule has 4 rings (SSSR count). The first-order valence-electron chi connectivity index (χ1n) is 9.82. The minimum absolute atomic E-state index is 0.0532. The molecule has 1 atom stereocenters. The van der Waals surface area contributed by atoms with Crippen molar-refractivity contribution in [3.05, 3.63) is 30.1 Å². The van der Waals surface area contributed by atoms with E-state index in [1.165, 1.54) is 12.1 Å². The van der Waals surface area contributed by atoms with Gasteiger partial charge >= 0.3 is 6.03 Å². The van der Waals surface area contributed by atoms with Gasteiger partial charge in [0.2, 0.25) is 5.91 Å². The number of benzene rings is 1. The summed E-state index contributed by atoms with van der Waals surface area (Å²) in [5, 5.41) is 2.99. The average molecular weight is 375 g/mol. The van der Waals surface area contributed by atoms with Crippen LogP contribution in [0.2, 0.25) is 0 Å². The smallest absolute Gasteiger partial charge is 0.317 e. The molecule has 146 valence electrons. The van der Waals surface area contributed by atoms with Crippen LogP contribution in [0.5, 0.6) is 5.75 Å². The van der Waals surface area contributed by atoms with Crippen LogP contribution in [0, 0.1) is 17.7 Å². The van der Waals surface area contributed by atoms with Crippen LogP contribution >= 0.6 is 0 Å². The van der Waals surface area contributed by atoms with E-state index in [0.29, 0.717) is 37.2 Å². The van der Waals surface area contributed by atoms with E-state index < -0.39 is 0 Å². The molecule has 1 aromatic carbocycles. The highest BCUT2D eigenvalue weighted by Gasteiger charge is 2.36. The zero-order chi connectivity index (χ0) is 18.8. The predicted octanol–water partition coefficient (Wildman–Crippen LogP) is 2.25. The Morgan fingerprint density at radius 2 is 1.81 bits per heavy atom. The summed E-state index contributed by atoms with van der Waals surface area (Å²) in [4.78, 5) is 28.2. The Labute approximate surface area is 158 Å². The lowest BCUT2D eigenvalue weighted by Gasteiger charge is -2.39. The molecule has 1 saturated carbocycles. The third kappa shape index (κ3) is 4.51. The quantitative estimate of drug-likeness (QED) is 0.859. The Morgan fingerprint density at radius 3 is 2.52 bits per heavy atom. The van der Waals surface area contributed by atoms with Crippen molar-refractivity contribution in [3.63, 3.8) is 0 Å². The first-order chi connectivity index (χ1) is 13.1. The molecule has 3 fully saturated rings. The van der Waals surface area contributed by atoms with Gasteiger partial charge in [0.25, 0.3) is 0 Å². The van der Waals surface area contributed by atoms with E-state index in [1.54, 1.807) is 17.0 Å². The molecule has 27 heavy (non-hydrogen) atoms. The molecule has 3 amide bonds. The molecule has 6 nitrogen and oxygen atoms in total. The maximum absolute atomic E-state index is 12.9. The van der Waals surface area contributed by atoms with E-state index in [0.717, 1.165) is 38.8 Å².